The Hall–Kier alpha value is -1.53. The lowest BCUT2D eigenvalue weighted by atomic mass is 9.96. The second-order valence-electron chi connectivity index (χ2n) is 5.46. The summed E-state index contributed by atoms with van der Waals surface area (Å²) in [5, 5.41) is 4.24. The summed E-state index contributed by atoms with van der Waals surface area (Å²) < 4.78 is 39.6. The largest absolute Gasteiger partial charge is 0.391 e. The van der Waals surface area contributed by atoms with Gasteiger partial charge in [-0.1, -0.05) is 0 Å². The Kier molecular flexibility index (Phi) is 3.22. The lowest BCUT2D eigenvalue weighted by molar-refractivity contribution is -0.183. The van der Waals surface area contributed by atoms with Crippen LogP contribution in [0.5, 0.6) is 0 Å². The van der Waals surface area contributed by atoms with Crippen LogP contribution in [0.25, 0.3) is 0 Å². The van der Waals surface area contributed by atoms with E-state index in [-0.39, 0.29) is 31.8 Å². The topological polar surface area (TPSA) is 38.1 Å². The number of hydrogen-bond donors (Lipinski definition) is 0. The van der Waals surface area contributed by atoms with Crippen LogP contribution in [0.4, 0.5) is 13.2 Å². The van der Waals surface area contributed by atoms with E-state index in [2.05, 4.69) is 5.10 Å². The van der Waals surface area contributed by atoms with Gasteiger partial charge < -0.3 is 4.90 Å². The Morgan fingerprint density at radius 1 is 1.25 bits per heavy atom. The van der Waals surface area contributed by atoms with Crippen molar-refractivity contribution in [1.29, 1.82) is 0 Å². The number of amides is 1. The summed E-state index contributed by atoms with van der Waals surface area (Å²) in [6.45, 7) is 1.13. The molecule has 1 aromatic heterocycles. The zero-order valence-electron chi connectivity index (χ0n) is 11.0. The standard InChI is InChI=1S/C13H16F3N3O/c14-13(15,16)9-3-6-18(7-4-9)12(20)11-8-10-2-1-5-19(10)17-11/h8-9H,1-7H2. The Bertz CT molecular complexity index is 494. The molecule has 0 aromatic carbocycles. The maximum absolute atomic E-state index is 12.6. The van der Waals surface area contributed by atoms with Crippen molar-refractivity contribution >= 4 is 5.91 Å². The van der Waals surface area contributed by atoms with Gasteiger partial charge in [0.15, 0.2) is 5.69 Å². The van der Waals surface area contributed by atoms with Gasteiger partial charge in [-0.15, -0.1) is 0 Å². The molecule has 0 N–H and O–H groups in total. The van der Waals surface area contributed by atoms with E-state index in [1.165, 1.54) is 4.90 Å². The number of carbonyl (C=O) groups excluding carboxylic acids is 1. The number of carbonyl (C=O) groups is 1. The van der Waals surface area contributed by atoms with Gasteiger partial charge in [-0.25, -0.2) is 0 Å². The smallest absolute Gasteiger partial charge is 0.337 e. The summed E-state index contributed by atoms with van der Waals surface area (Å²) >= 11 is 0. The zero-order valence-corrected chi connectivity index (χ0v) is 11.0. The van der Waals surface area contributed by atoms with Crippen LogP contribution in [0.1, 0.15) is 35.4 Å². The van der Waals surface area contributed by atoms with E-state index in [9.17, 15) is 18.0 Å². The van der Waals surface area contributed by atoms with Gasteiger partial charge in [0.25, 0.3) is 5.91 Å². The van der Waals surface area contributed by atoms with E-state index in [1.807, 2.05) is 4.68 Å². The first-order chi connectivity index (χ1) is 9.45. The molecular formula is C13H16F3N3O. The number of likely N-dealkylation sites (tertiary alicyclic amines) is 1. The SMILES string of the molecule is O=C(c1cc2n(n1)CCC2)N1CCC(C(F)(F)F)CC1. The third-order valence-corrected chi connectivity index (χ3v) is 4.13. The summed E-state index contributed by atoms with van der Waals surface area (Å²) in [6, 6.07) is 1.77. The first-order valence-corrected chi connectivity index (χ1v) is 6.88. The van der Waals surface area contributed by atoms with Crippen molar-refractivity contribution in [1.82, 2.24) is 14.7 Å². The number of fused-ring (bicyclic) bond motifs is 1. The maximum atomic E-state index is 12.6. The Morgan fingerprint density at radius 3 is 2.55 bits per heavy atom. The fourth-order valence-corrected chi connectivity index (χ4v) is 2.94. The molecule has 0 aliphatic carbocycles. The second kappa shape index (κ2) is 4.79. The van der Waals surface area contributed by atoms with Gasteiger partial charge >= 0.3 is 6.18 Å². The molecule has 110 valence electrons. The second-order valence-corrected chi connectivity index (χ2v) is 5.46. The minimum absolute atomic E-state index is 0.0111. The third kappa shape index (κ3) is 2.41. The fourth-order valence-electron chi connectivity index (χ4n) is 2.94. The molecule has 0 radical (unpaired) electrons. The Labute approximate surface area is 114 Å². The lowest BCUT2D eigenvalue weighted by Gasteiger charge is -2.32. The average Bonchev–Trinajstić information content (AvgIpc) is 2.97. The molecule has 2 aliphatic heterocycles. The van der Waals surface area contributed by atoms with Crippen LogP contribution in [0.15, 0.2) is 6.07 Å². The highest BCUT2D eigenvalue weighted by molar-refractivity contribution is 5.92. The quantitative estimate of drug-likeness (QED) is 0.794. The van der Waals surface area contributed by atoms with Crippen molar-refractivity contribution in [2.24, 2.45) is 5.92 Å². The molecule has 20 heavy (non-hydrogen) atoms. The van der Waals surface area contributed by atoms with Crippen molar-refractivity contribution in [3.63, 3.8) is 0 Å². The van der Waals surface area contributed by atoms with E-state index in [4.69, 9.17) is 0 Å². The number of aryl methyl sites for hydroxylation is 2. The number of aromatic nitrogens is 2. The Balaban J connectivity index is 1.64. The van der Waals surface area contributed by atoms with Crippen LogP contribution >= 0.6 is 0 Å². The molecule has 3 heterocycles. The average molecular weight is 287 g/mol. The molecule has 2 aliphatic rings. The van der Waals surface area contributed by atoms with Crippen molar-refractivity contribution in [3.8, 4) is 0 Å². The molecule has 0 unspecified atom stereocenters. The highest BCUT2D eigenvalue weighted by Crippen LogP contribution is 2.34. The number of rotatable bonds is 1. The number of halogens is 3. The first-order valence-electron chi connectivity index (χ1n) is 6.88. The van der Waals surface area contributed by atoms with Crippen molar-refractivity contribution in [2.45, 2.75) is 38.4 Å². The van der Waals surface area contributed by atoms with Gasteiger partial charge in [-0.3, -0.25) is 9.48 Å². The molecule has 4 nitrogen and oxygen atoms in total. The van der Waals surface area contributed by atoms with E-state index in [0.717, 1.165) is 25.1 Å². The van der Waals surface area contributed by atoms with E-state index < -0.39 is 12.1 Å². The van der Waals surface area contributed by atoms with Crippen LogP contribution < -0.4 is 0 Å². The van der Waals surface area contributed by atoms with Crippen LogP contribution in [0.2, 0.25) is 0 Å². The van der Waals surface area contributed by atoms with Gasteiger partial charge in [0, 0.05) is 25.3 Å². The van der Waals surface area contributed by atoms with Crippen LogP contribution in [-0.4, -0.2) is 39.9 Å². The molecule has 0 spiro atoms. The summed E-state index contributed by atoms with van der Waals surface area (Å²) in [7, 11) is 0. The number of hydrogen-bond acceptors (Lipinski definition) is 2. The first kappa shape index (κ1) is 13.5. The molecule has 0 saturated carbocycles. The zero-order chi connectivity index (χ0) is 14.3. The van der Waals surface area contributed by atoms with Crippen molar-refractivity contribution < 1.29 is 18.0 Å². The Morgan fingerprint density at radius 2 is 1.95 bits per heavy atom. The molecular weight excluding hydrogens is 271 g/mol. The predicted molar refractivity (Wildman–Crippen MR) is 65.2 cm³/mol. The summed E-state index contributed by atoms with van der Waals surface area (Å²) in [6.07, 6.45) is -2.22. The van der Waals surface area contributed by atoms with E-state index >= 15 is 0 Å². The minimum Gasteiger partial charge on any atom is -0.337 e. The highest BCUT2D eigenvalue weighted by Gasteiger charge is 2.42. The van der Waals surface area contributed by atoms with Gasteiger partial charge in [-0.2, -0.15) is 18.3 Å². The molecule has 0 atom stereocenters. The molecule has 0 bridgehead atoms. The molecule has 3 rings (SSSR count). The van der Waals surface area contributed by atoms with E-state index in [1.54, 1.807) is 6.07 Å². The molecule has 1 saturated heterocycles. The number of nitrogens with zero attached hydrogens (tertiary/aromatic N) is 3. The lowest BCUT2D eigenvalue weighted by Crippen LogP contribution is -2.42. The number of piperidine rings is 1. The molecule has 7 heteroatoms. The minimum atomic E-state index is -4.15. The molecule has 1 aromatic rings. The monoisotopic (exact) mass is 287 g/mol. The number of alkyl halides is 3. The summed E-state index contributed by atoms with van der Waals surface area (Å²) in [5.74, 6) is -1.52. The summed E-state index contributed by atoms with van der Waals surface area (Å²) in [5.41, 5.74) is 1.41. The molecule has 1 amide bonds. The predicted octanol–water partition coefficient (Wildman–Crippen LogP) is 2.24. The van der Waals surface area contributed by atoms with Gasteiger partial charge in [-0.05, 0) is 31.7 Å². The van der Waals surface area contributed by atoms with Gasteiger partial charge in [0.05, 0.1) is 5.92 Å². The van der Waals surface area contributed by atoms with Crippen LogP contribution in [-0.2, 0) is 13.0 Å². The van der Waals surface area contributed by atoms with Crippen LogP contribution in [0.3, 0.4) is 0 Å². The van der Waals surface area contributed by atoms with Crippen molar-refractivity contribution in [2.75, 3.05) is 13.1 Å². The molecule has 1 fully saturated rings. The van der Waals surface area contributed by atoms with Gasteiger partial charge in [0.2, 0.25) is 0 Å². The maximum Gasteiger partial charge on any atom is 0.391 e. The van der Waals surface area contributed by atoms with Crippen molar-refractivity contribution in [3.05, 3.63) is 17.5 Å². The third-order valence-electron chi connectivity index (χ3n) is 4.13. The van der Waals surface area contributed by atoms with E-state index in [0.29, 0.717) is 5.69 Å². The normalized spacial score (nSPS) is 20.2. The summed E-state index contributed by atoms with van der Waals surface area (Å²) in [4.78, 5) is 13.7. The van der Waals surface area contributed by atoms with Gasteiger partial charge in [0.1, 0.15) is 0 Å². The van der Waals surface area contributed by atoms with Crippen LogP contribution in [0, 0.1) is 5.92 Å². The highest BCUT2D eigenvalue weighted by atomic mass is 19.4. The fraction of sp³-hybridized carbons (Fsp3) is 0.692.